The van der Waals surface area contributed by atoms with E-state index in [2.05, 4.69) is 5.32 Å². The van der Waals surface area contributed by atoms with Gasteiger partial charge in [-0.2, -0.15) is 0 Å². The number of imide groups is 1. The second kappa shape index (κ2) is 16.3. The number of amides is 4. The summed E-state index contributed by atoms with van der Waals surface area (Å²) in [5.74, 6) is -2.11. The molecule has 0 fully saturated rings. The van der Waals surface area contributed by atoms with E-state index in [1.54, 1.807) is 54.6 Å². The van der Waals surface area contributed by atoms with Crippen molar-refractivity contribution in [3.8, 4) is 0 Å². The lowest BCUT2D eigenvalue weighted by molar-refractivity contribution is -0.384. The molecule has 4 aromatic carbocycles. The number of nitro groups is 1. The van der Waals surface area contributed by atoms with Gasteiger partial charge in [0, 0.05) is 48.2 Å². The van der Waals surface area contributed by atoms with Gasteiger partial charge in [-0.05, 0) is 54.3 Å². The number of nitrogens with one attached hydrogen (secondary N) is 1. The fraction of sp³-hybridized carbons (Fsp3) is 0.222. The predicted octanol–water partition coefficient (Wildman–Crippen LogP) is 6.01. The number of fused-ring (bicyclic) bond motifs is 1. The molecule has 0 radical (unpaired) electrons. The third kappa shape index (κ3) is 8.67. The van der Waals surface area contributed by atoms with Gasteiger partial charge in [-0.25, -0.2) is 0 Å². The van der Waals surface area contributed by atoms with Crippen LogP contribution in [0.5, 0.6) is 0 Å². The molecule has 4 amide bonds. The summed E-state index contributed by atoms with van der Waals surface area (Å²) >= 11 is 18.7. The smallest absolute Gasteiger partial charge is 0.270 e. The number of aliphatic hydroxyl groups excluding tert-OH is 1. The number of benzene rings is 4. The summed E-state index contributed by atoms with van der Waals surface area (Å²) in [5, 5.41) is 26.3. The Morgan fingerprint density at radius 3 is 2.16 bits per heavy atom. The van der Waals surface area contributed by atoms with Crippen molar-refractivity contribution in [3.63, 3.8) is 0 Å². The van der Waals surface area contributed by atoms with Gasteiger partial charge in [0.25, 0.3) is 23.4 Å². The van der Waals surface area contributed by atoms with Gasteiger partial charge in [0.15, 0.2) is 0 Å². The molecule has 0 unspecified atom stereocenters. The number of aliphatic hydroxyl groups is 1. The molecule has 2 atom stereocenters. The summed E-state index contributed by atoms with van der Waals surface area (Å²) in [7, 11) is 0. The van der Waals surface area contributed by atoms with Crippen molar-refractivity contribution >= 4 is 64.1 Å². The molecule has 1 heterocycles. The molecule has 0 saturated carbocycles. The molecule has 1 aliphatic heterocycles. The summed E-state index contributed by atoms with van der Waals surface area (Å²) in [5.41, 5.74) is 1.69. The van der Waals surface area contributed by atoms with Crippen LogP contribution in [0.15, 0.2) is 91.0 Å². The third-order valence-corrected chi connectivity index (χ3v) is 9.24. The average Bonchev–Trinajstić information content (AvgIpc) is 3.34. The average molecular weight is 738 g/mol. The van der Waals surface area contributed by atoms with Crippen LogP contribution in [0.2, 0.25) is 15.1 Å². The number of hydrogen-bond donors (Lipinski definition) is 2. The molecule has 0 aliphatic carbocycles. The van der Waals surface area contributed by atoms with E-state index in [-0.39, 0.29) is 66.3 Å². The second-order valence-corrected chi connectivity index (χ2v) is 12.9. The van der Waals surface area contributed by atoms with Gasteiger partial charge in [0.1, 0.15) is 0 Å². The van der Waals surface area contributed by atoms with Crippen molar-refractivity contribution in [3.05, 3.63) is 144 Å². The Bertz CT molecular complexity index is 1910. The Kier molecular flexibility index (Phi) is 11.9. The van der Waals surface area contributed by atoms with Gasteiger partial charge in [0.2, 0.25) is 5.91 Å². The van der Waals surface area contributed by atoms with E-state index in [1.165, 1.54) is 11.0 Å². The van der Waals surface area contributed by atoms with Crippen molar-refractivity contribution in [2.24, 2.45) is 0 Å². The fourth-order valence-corrected chi connectivity index (χ4v) is 6.42. The summed E-state index contributed by atoms with van der Waals surface area (Å²) in [6.45, 7) is -0.320. The van der Waals surface area contributed by atoms with Gasteiger partial charge in [0.05, 0.1) is 38.8 Å². The maximum atomic E-state index is 13.8. The van der Waals surface area contributed by atoms with Crippen molar-refractivity contribution in [2.45, 2.75) is 31.4 Å². The van der Waals surface area contributed by atoms with Gasteiger partial charge < -0.3 is 15.3 Å². The first-order valence-electron chi connectivity index (χ1n) is 15.6. The largest absolute Gasteiger partial charge is 0.389 e. The van der Waals surface area contributed by atoms with Crippen molar-refractivity contribution in [2.75, 3.05) is 19.6 Å². The highest BCUT2D eigenvalue weighted by Gasteiger charge is 2.36. The van der Waals surface area contributed by atoms with E-state index in [0.29, 0.717) is 15.6 Å². The van der Waals surface area contributed by atoms with E-state index in [0.717, 1.165) is 22.6 Å². The number of carbonyl (C=O) groups excluding carboxylic acids is 4. The predicted molar refractivity (Wildman–Crippen MR) is 189 cm³/mol. The Morgan fingerprint density at radius 2 is 1.54 bits per heavy atom. The topological polar surface area (TPSA) is 150 Å². The van der Waals surface area contributed by atoms with Crippen LogP contribution >= 0.6 is 34.8 Å². The van der Waals surface area contributed by atoms with Gasteiger partial charge >= 0.3 is 0 Å². The van der Waals surface area contributed by atoms with Crippen LogP contribution in [0.4, 0.5) is 5.69 Å². The van der Waals surface area contributed by atoms with Gasteiger partial charge in [-0.1, -0.05) is 83.3 Å². The number of non-ortho nitro benzene ring substituents is 1. The highest BCUT2D eigenvalue weighted by atomic mass is 35.5. The minimum atomic E-state index is -1.32. The Morgan fingerprint density at radius 1 is 0.880 bits per heavy atom. The molecular formula is C36H31Cl3N4O7. The van der Waals surface area contributed by atoms with E-state index in [1.807, 2.05) is 18.2 Å². The maximum absolute atomic E-state index is 13.8. The monoisotopic (exact) mass is 736 g/mol. The number of hydrogen-bond acceptors (Lipinski definition) is 7. The van der Waals surface area contributed by atoms with Crippen molar-refractivity contribution in [1.82, 2.24) is 15.1 Å². The number of carbonyl (C=O) groups is 4. The molecule has 50 heavy (non-hydrogen) atoms. The molecule has 2 N–H and O–H groups in total. The maximum Gasteiger partial charge on any atom is 0.270 e. The first kappa shape index (κ1) is 36.5. The fourth-order valence-electron chi connectivity index (χ4n) is 5.66. The van der Waals surface area contributed by atoms with Crippen LogP contribution in [-0.2, 0) is 17.6 Å². The molecule has 0 saturated heterocycles. The van der Waals surface area contributed by atoms with Crippen molar-refractivity contribution < 1.29 is 29.2 Å². The Hall–Kier alpha value is -4.81. The van der Waals surface area contributed by atoms with E-state index < -0.39 is 40.7 Å². The molecule has 4 aromatic rings. The number of nitro benzene ring substituents is 1. The number of rotatable bonds is 14. The van der Waals surface area contributed by atoms with Crippen LogP contribution < -0.4 is 5.32 Å². The number of nitrogens with zero attached hydrogens (tertiary/aromatic N) is 3. The van der Waals surface area contributed by atoms with Crippen LogP contribution in [-0.4, -0.2) is 75.2 Å². The molecule has 0 bridgehead atoms. The summed E-state index contributed by atoms with van der Waals surface area (Å²) in [6, 6.07) is 23.0. The first-order valence-corrected chi connectivity index (χ1v) is 16.7. The summed E-state index contributed by atoms with van der Waals surface area (Å²) in [6.07, 6.45) is -1.09. The molecule has 0 aromatic heterocycles. The molecule has 14 heteroatoms. The molecule has 0 spiro atoms. The van der Waals surface area contributed by atoms with Crippen LogP contribution in [0.25, 0.3) is 0 Å². The third-order valence-electron chi connectivity index (χ3n) is 8.34. The summed E-state index contributed by atoms with van der Waals surface area (Å²) < 4.78 is 0. The Balaban J connectivity index is 1.36. The van der Waals surface area contributed by atoms with E-state index >= 15 is 0 Å². The quantitative estimate of drug-likeness (QED) is 0.0914. The highest BCUT2D eigenvalue weighted by molar-refractivity contribution is 6.35. The normalized spacial score (nSPS) is 13.5. The van der Waals surface area contributed by atoms with E-state index in [9.17, 15) is 34.4 Å². The van der Waals surface area contributed by atoms with Crippen LogP contribution in [0, 0.1) is 10.1 Å². The molecule has 11 nitrogen and oxygen atoms in total. The second-order valence-electron chi connectivity index (χ2n) is 11.6. The van der Waals surface area contributed by atoms with Gasteiger partial charge in [-0.15, -0.1) is 0 Å². The zero-order valence-corrected chi connectivity index (χ0v) is 28.7. The molecule has 258 valence electrons. The van der Waals surface area contributed by atoms with Crippen LogP contribution in [0.1, 0.15) is 48.6 Å². The minimum absolute atomic E-state index is 0.0335. The highest BCUT2D eigenvalue weighted by Crippen LogP contribution is 2.25. The number of halogens is 3. The molecule has 5 rings (SSSR count). The summed E-state index contributed by atoms with van der Waals surface area (Å²) in [4.78, 5) is 66.0. The molecular weight excluding hydrogens is 707 g/mol. The lowest BCUT2D eigenvalue weighted by atomic mass is 9.99. The standard InChI is InChI=1S/C36H31Cl3N4O7/c37-24-11-10-23(29(38)19-24)14-16-41(33(45)15-17-42-35(47)26-8-4-5-9-27(26)36(42)48)21-32(44)31(18-22-6-2-1-3-7-22)40-34(46)28-13-12-25(43(49)50)20-30(28)39/h1-13,19-20,31-32,44H,14-18,21H2,(H,40,46)/t31-,32-/m0/s1. The lowest BCUT2D eigenvalue weighted by Gasteiger charge is -2.31. The lowest BCUT2D eigenvalue weighted by Crippen LogP contribution is -2.51. The zero-order chi connectivity index (χ0) is 35.9. The molecule has 1 aliphatic rings. The first-order chi connectivity index (χ1) is 23.9. The Labute approximate surface area is 302 Å². The minimum Gasteiger partial charge on any atom is -0.389 e. The van der Waals surface area contributed by atoms with Crippen molar-refractivity contribution in [1.29, 1.82) is 0 Å². The zero-order valence-electron chi connectivity index (χ0n) is 26.4. The van der Waals surface area contributed by atoms with Gasteiger partial charge in [-0.3, -0.25) is 34.2 Å². The van der Waals surface area contributed by atoms with Crippen LogP contribution in [0.3, 0.4) is 0 Å². The van der Waals surface area contributed by atoms with E-state index in [4.69, 9.17) is 34.8 Å². The SMILES string of the molecule is O=C(N[C@@H](Cc1ccccc1)[C@@H](O)CN(CCc1ccc(Cl)cc1Cl)C(=O)CCN1C(=O)c2ccccc2C1=O)c1ccc([N+](=O)[O-])cc1Cl.